The lowest BCUT2D eigenvalue weighted by Gasteiger charge is -2.20. The lowest BCUT2D eigenvalue weighted by atomic mass is 10.2. The van der Waals surface area contributed by atoms with Crippen LogP contribution in [0.3, 0.4) is 0 Å². The van der Waals surface area contributed by atoms with Crippen LogP contribution in [0.4, 0.5) is 0 Å². The van der Waals surface area contributed by atoms with Gasteiger partial charge < -0.3 is 9.88 Å². The Bertz CT molecular complexity index is 1320. The fraction of sp³-hybridized carbons (Fsp3) is 0.200. The van der Waals surface area contributed by atoms with Gasteiger partial charge in [0.15, 0.2) is 10.1 Å². The molecule has 7 nitrogen and oxygen atoms in total. The smallest absolute Gasteiger partial charge is 0.258 e. The van der Waals surface area contributed by atoms with Gasteiger partial charge in [-0.15, -0.1) is 11.3 Å². The van der Waals surface area contributed by atoms with Crippen molar-refractivity contribution in [1.82, 2.24) is 24.3 Å². The second-order valence-electron chi connectivity index (χ2n) is 6.61. The Morgan fingerprint density at radius 1 is 1.33 bits per heavy atom. The summed E-state index contributed by atoms with van der Waals surface area (Å²) in [5.74, 6) is 0.180. The minimum Gasteiger partial charge on any atom is -0.332 e. The van der Waals surface area contributed by atoms with E-state index in [-0.39, 0.29) is 18.0 Å². The molecule has 0 saturated carbocycles. The predicted octanol–water partition coefficient (Wildman–Crippen LogP) is 4.39. The molecule has 4 aromatic rings. The van der Waals surface area contributed by atoms with E-state index in [2.05, 4.69) is 15.0 Å². The van der Waals surface area contributed by atoms with Gasteiger partial charge in [0.05, 0.1) is 23.1 Å². The number of aromatic amines is 1. The van der Waals surface area contributed by atoms with Crippen LogP contribution in [-0.2, 0) is 11.3 Å². The number of benzene rings is 1. The van der Waals surface area contributed by atoms with Gasteiger partial charge in [0.25, 0.3) is 5.56 Å². The first-order valence-electron chi connectivity index (χ1n) is 9.22. The molecular weight excluding hydrogens is 445 g/mol. The highest BCUT2D eigenvalue weighted by atomic mass is 35.5. The molecule has 10 heteroatoms. The average molecular weight is 462 g/mol. The zero-order valence-electron chi connectivity index (χ0n) is 15.9. The number of halogens is 2. The summed E-state index contributed by atoms with van der Waals surface area (Å²) in [5, 5.41) is 3.18. The zero-order valence-corrected chi connectivity index (χ0v) is 18.3. The van der Waals surface area contributed by atoms with Crippen LogP contribution in [0.2, 0.25) is 10.2 Å². The summed E-state index contributed by atoms with van der Waals surface area (Å²) < 4.78 is 1.83. The van der Waals surface area contributed by atoms with Crippen molar-refractivity contribution in [2.75, 3.05) is 6.54 Å². The summed E-state index contributed by atoms with van der Waals surface area (Å²) in [6.07, 6.45) is 5.71. The van der Waals surface area contributed by atoms with Crippen molar-refractivity contribution < 1.29 is 4.79 Å². The normalized spacial score (nSPS) is 11.7. The van der Waals surface area contributed by atoms with Crippen molar-refractivity contribution in [3.05, 3.63) is 67.9 Å². The minimum absolute atomic E-state index is 0.169. The monoisotopic (exact) mass is 461 g/mol. The molecule has 0 aliphatic rings. The van der Waals surface area contributed by atoms with Crippen molar-refractivity contribution in [3.63, 3.8) is 0 Å². The molecule has 0 spiro atoms. The molecule has 3 heterocycles. The van der Waals surface area contributed by atoms with Gasteiger partial charge in [-0.3, -0.25) is 14.0 Å². The third-order valence-corrected chi connectivity index (χ3v) is 5.77. The van der Waals surface area contributed by atoms with Crippen molar-refractivity contribution in [2.24, 2.45) is 0 Å². The number of carbonyl (C=O) groups is 1. The molecule has 0 aliphatic carbocycles. The number of H-pyrrole nitrogens is 1. The molecule has 0 unspecified atom stereocenters. The summed E-state index contributed by atoms with van der Waals surface area (Å²) >= 11 is 13.7. The third kappa shape index (κ3) is 4.12. The fourth-order valence-electron chi connectivity index (χ4n) is 3.14. The van der Waals surface area contributed by atoms with Crippen molar-refractivity contribution in [1.29, 1.82) is 0 Å². The van der Waals surface area contributed by atoms with Crippen LogP contribution in [0.25, 0.3) is 21.9 Å². The minimum atomic E-state index is -0.267. The number of rotatable bonds is 6. The average Bonchev–Trinajstić information content (AvgIpc) is 3.26. The highest BCUT2D eigenvalue weighted by Crippen LogP contribution is 2.22. The van der Waals surface area contributed by atoms with Crippen molar-refractivity contribution in [3.8, 4) is 0 Å². The molecule has 0 radical (unpaired) electrons. The van der Waals surface area contributed by atoms with E-state index >= 15 is 0 Å². The van der Waals surface area contributed by atoms with Crippen LogP contribution >= 0.6 is 34.5 Å². The van der Waals surface area contributed by atoms with Gasteiger partial charge in [-0.1, -0.05) is 30.1 Å². The fourth-order valence-corrected chi connectivity index (χ4v) is 4.31. The molecule has 0 atom stereocenters. The molecule has 3 aromatic heterocycles. The number of imidazole rings is 1. The summed E-state index contributed by atoms with van der Waals surface area (Å²) in [4.78, 5) is 39.1. The summed E-state index contributed by atoms with van der Waals surface area (Å²) in [6.45, 7) is 2.65. The molecular formula is C20H17Cl2N5O2S. The van der Waals surface area contributed by atoms with Crippen LogP contribution in [0.1, 0.15) is 24.9 Å². The molecule has 4 rings (SSSR count). The van der Waals surface area contributed by atoms with Crippen molar-refractivity contribution in [2.45, 2.75) is 19.9 Å². The third-order valence-electron chi connectivity index (χ3n) is 4.50. The van der Waals surface area contributed by atoms with E-state index < -0.39 is 0 Å². The van der Waals surface area contributed by atoms with E-state index in [9.17, 15) is 9.59 Å². The Kier molecular flexibility index (Phi) is 5.90. The van der Waals surface area contributed by atoms with Gasteiger partial charge in [-0.2, -0.15) is 0 Å². The molecule has 0 saturated heterocycles. The van der Waals surface area contributed by atoms with Gasteiger partial charge in [0, 0.05) is 29.2 Å². The van der Waals surface area contributed by atoms with E-state index in [0.717, 1.165) is 11.4 Å². The Morgan fingerprint density at radius 2 is 2.17 bits per heavy atom. The molecule has 0 fully saturated rings. The molecule has 1 N–H and O–H groups in total. The number of hydrogen-bond acceptors (Lipinski definition) is 5. The Hall–Kier alpha value is -2.68. The molecule has 1 aromatic carbocycles. The Balaban J connectivity index is 1.60. The van der Waals surface area contributed by atoms with Crippen LogP contribution < -0.4 is 5.56 Å². The van der Waals surface area contributed by atoms with E-state index in [1.54, 1.807) is 29.2 Å². The molecule has 0 bridgehead atoms. The van der Waals surface area contributed by atoms with Gasteiger partial charge in [-0.25, -0.2) is 9.97 Å². The van der Waals surface area contributed by atoms with Crippen LogP contribution in [0.5, 0.6) is 0 Å². The zero-order chi connectivity index (χ0) is 21.3. The topological polar surface area (TPSA) is 83.4 Å². The molecule has 1 amide bonds. The van der Waals surface area contributed by atoms with Gasteiger partial charge in [-0.05, 0) is 30.7 Å². The van der Waals surface area contributed by atoms with Crippen LogP contribution in [0.15, 0.2) is 40.6 Å². The Labute approximate surface area is 185 Å². The first-order valence-corrected chi connectivity index (χ1v) is 10.9. The Morgan fingerprint density at radius 3 is 2.97 bits per heavy atom. The first kappa shape index (κ1) is 20.6. The summed E-state index contributed by atoms with van der Waals surface area (Å²) in [5.41, 5.74) is 0.869. The second-order valence-corrected chi connectivity index (χ2v) is 8.28. The van der Waals surface area contributed by atoms with Gasteiger partial charge >= 0.3 is 0 Å². The number of thiazole rings is 1. The second kappa shape index (κ2) is 8.59. The maximum Gasteiger partial charge on any atom is 0.258 e. The molecule has 30 heavy (non-hydrogen) atoms. The maximum absolute atomic E-state index is 12.8. The number of fused-ring (bicyclic) bond motifs is 2. The standard InChI is InChI=1S/C20H17Cl2N5O2S/c1-2-7-26(11-16-23-14-10-12(21)3-4-13(14)19(29)24-16)17(28)6-5-15-18(22)25-20-27(15)8-9-30-20/h3-6,8-10H,2,7,11H2,1H3,(H,23,24,29)/b6-5+. The lowest BCUT2D eigenvalue weighted by Crippen LogP contribution is -2.31. The number of nitrogens with one attached hydrogen (secondary N) is 1. The van der Waals surface area contributed by atoms with E-state index in [1.165, 1.54) is 17.4 Å². The van der Waals surface area contributed by atoms with Crippen molar-refractivity contribution >= 4 is 62.4 Å². The van der Waals surface area contributed by atoms with E-state index in [4.69, 9.17) is 23.2 Å². The highest BCUT2D eigenvalue weighted by molar-refractivity contribution is 7.15. The quantitative estimate of drug-likeness (QED) is 0.431. The largest absolute Gasteiger partial charge is 0.332 e. The van der Waals surface area contributed by atoms with E-state index in [0.29, 0.717) is 39.1 Å². The number of nitrogens with zero attached hydrogens (tertiary/aromatic N) is 4. The number of amides is 1. The lowest BCUT2D eigenvalue weighted by molar-refractivity contribution is -0.126. The van der Waals surface area contributed by atoms with Gasteiger partial charge in [0.1, 0.15) is 5.82 Å². The molecule has 0 aliphatic heterocycles. The van der Waals surface area contributed by atoms with Crippen LogP contribution in [0, 0.1) is 0 Å². The number of carbonyl (C=O) groups excluding carboxylic acids is 1. The highest BCUT2D eigenvalue weighted by Gasteiger charge is 2.15. The number of aromatic nitrogens is 4. The van der Waals surface area contributed by atoms with Gasteiger partial charge in [0.2, 0.25) is 5.91 Å². The van der Waals surface area contributed by atoms with Crippen LogP contribution in [-0.4, -0.2) is 36.7 Å². The predicted molar refractivity (Wildman–Crippen MR) is 120 cm³/mol. The molecule has 154 valence electrons. The van der Waals surface area contributed by atoms with E-state index in [1.807, 2.05) is 22.9 Å². The first-order chi connectivity index (χ1) is 14.5. The maximum atomic E-state index is 12.8. The summed E-state index contributed by atoms with van der Waals surface area (Å²) in [6, 6.07) is 4.91. The summed E-state index contributed by atoms with van der Waals surface area (Å²) in [7, 11) is 0. The SMILES string of the molecule is CCCN(Cc1nc2cc(Cl)ccc2c(=O)[nH]1)C(=O)/C=C/c1c(Cl)nc2sccn12. The number of hydrogen-bond donors (Lipinski definition) is 1.